The number of hydrogen-bond donors (Lipinski definition) is 2. The van der Waals surface area contributed by atoms with Crippen LogP contribution in [0.3, 0.4) is 0 Å². The van der Waals surface area contributed by atoms with Crippen molar-refractivity contribution in [3.8, 4) is 16.9 Å². The molecule has 2 aliphatic heterocycles. The lowest BCUT2D eigenvalue weighted by atomic mass is 9.86. The van der Waals surface area contributed by atoms with E-state index in [-0.39, 0.29) is 18.5 Å². The van der Waals surface area contributed by atoms with E-state index in [1.165, 1.54) is 26.2 Å². The van der Waals surface area contributed by atoms with E-state index in [9.17, 15) is 19.1 Å². The summed E-state index contributed by atoms with van der Waals surface area (Å²) in [4.78, 5) is 36.4. The summed E-state index contributed by atoms with van der Waals surface area (Å²) in [7, 11) is 1.47. The number of ether oxygens (including phenoxy) is 1. The zero-order valence-corrected chi connectivity index (χ0v) is 22.4. The van der Waals surface area contributed by atoms with E-state index in [0.29, 0.717) is 56.0 Å². The summed E-state index contributed by atoms with van der Waals surface area (Å²) in [6.45, 7) is 4.85. The van der Waals surface area contributed by atoms with Gasteiger partial charge in [-0.15, -0.1) is 0 Å². The highest BCUT2D eigenvalue weighted by Crippen LogP contribution is 2.40. The quantitative estimate of drug-likeness (QED) is 0.479. The second kappa shape index (κ2) is 10.6. The first-order valence-corrected chi connectivity index (χ1v) is 13.1. The summed E-state index contributed by atoms with van der Waals surface area (Å²) in [5, 5.41) is 16.7. The number of aromatic amines is 1. The zero-order valence-electron chi connectivity index (χ0n) is 22.4. The number of hydrogen-bond acceptors (Lipinski definition) is 6. The summed E-state index contributed by atoms with van der Waals surface area (Å²) in [5.74, 6) is 0.161. The molecule has 1 spiro atoms. The molecule has 2 saturated heterocycles. The Morgan fingerprint density at radius 1 is 1.26 bits per heavy atom. The van der Waals surface area contributed by atoms with Gasteiger partial charge in [-0.25, -0.2) is 14.2 Å². The Balaban J connectivity index is 1.48. The number of rotatable bonds is 7. The maximum Gasteiger partial charge on any atom is 0.326 e. The molecule has 3 aromatic rings. The van der Waals surface area contributed by atoms with Crippen molar-refractivity contribution >= 4 is 17.8 Å². The Morgan fingerprint density at radius 2 is 2.03 bits per heavy atom. The van der Waals surface area contributed by atoms with Crippen molar-refractivity contribution in [2.45, 2.75) is 51.3 Å². The molecule has 2 N–H and O–H groups in total. The molecule has 11 heteroatoms. The van der Waals surface area contributed by atoms with Crippen LogP contribution in [0.2, 0.25) is 0 Å². The van der Waals surface area contributed by atoms with E-state index < -0.39 is 17.5 Å². The molecule has 3 amide bonds. The first kappa shape index (κ1) is 26.6. The minimum Gasteiger partial charge on any atom is -0.497 e. The van der Waals surface area contributed by atoms with Gasteiger partial charge in [0, 0.05) is 43.0 Å². The maximum absolute atomic E-state index is 14.3. The van der Waals surface area contributed by atoms with Gasteiger partial charge in [-0.3, -0.25) is 14.8 Å². The predicted octanol–water partition coefficient (Wildman–Crippen LogP) is 3.37. The molecule has 2 aromatic heterocycles. The van der Waals surface area contributed by atoms with Crippen molar-refractivity contribution in [2.24, 2.45) is 0 Å². The number of aromatic nitrogens is 3. The molecule has 1 unspecified atom stereocenters. The fourth-order valence-electron chi connectivity index (χ4n) is 5.63. The molecule has 39 heavy (non-hydrogen) atoms. The van der Waals surface area contributed by atoms with Crippen LogP contribution in [0.25, 0.3) is 11.1 Å². The second-order valence-corrected chi connectivity index (χ2v) is 10.2. The Hall–Kier alpha value is -3.99. The zero-order chi connectivity index (χ0) is 27.7. The van der Waals surface area contributed by atoms with Crippen molar-refractivity contribution < 1.29 is 23.8 Å². The lowest BCUT2D eigenvalue weighted by molar-refractivity contribution is -0.141. The number of aliphatic hydroxyl groups is 1. The largest absolute Gasteiger partial charge is 0.497 e. The van der Waals surface area contributed by atoms with Gasteiger partial charge >= 0.3 is 6.03 Å². The van der Waals surface area contributed by atoms with Crippen molar-refractivity contribution in [2.75, 3.05) is 31.6 Å². The smallest absolute Gasteiger partial charge is 0.326 e. The van der Waals surface area contributed by atoms with E-state index in [4.69, 9.17) is 9.72 Å². The predicted molar refractivity (Wildman–Crippen MR) is 143 cm³/mol. The third-order valence-electron chi connectivity index (χ3n) is 7.74. The molecule has 0 bridgehead atoms. The number of piperidine rings is 1. The number of benzene rings is 1. The van der Waals surface area contributed by atoms with Gasteiger partial charge in [0.1, 0.15) is 23.5 Å². The van der Waals surface area contributed by atoms with Gasteiger partial charge < -0.3 is 19.6 Å². The Labute approximate surface area is 226 Å². The van der Waals surface area contributed by atoms with E-state index in [0.717, 1.165) is 16.8 Å². The van der Waals surface area contributed by atoms with Crippen LogP contribution in [0.1, 0.15) is 37.9 Å². The number of methoxy groups -OCH3 is 1. The van der Waals surface area contributed by atoms with Crippen LogP contribution in [0.5, 0.6) is 5.75 Å². The van der Waals surface area contributed by atoms with Crippen molar-refractivity contribution in [3.05, 3.63) is 59.8 Å². The first-order chi connectivity index (χ1) is 18.7. The number of nitrogens with one attached hydrogen (secondary N) is 1. The van der Waals surface area contributed by atoms with E-state index in [1.807, 2.05) is 25.3 Å². The third kappa shape index (κ3) is 5.06. The third-order valence-corrected chi connectivity index (χ3v) is 7.74. The molecule has 0 aliphatic carbocycles. The molecule has 1 atom stereocenters. The number of aryl methyl sites for hydroxylation is 1. The average molecular weight is 537 g/mol. The molecule has 0 radical (unpaired) electrons. The molecule has 10 nitrogen and oxygen atoms in total. The van der Waals surface area contributed by atoms with Crippen LogP contribution >= 0.6 is 0 Å². The molecule has 2 aliphatic rings. The lowest BCUT2D eigenvalue weighted by Crippen LogP contribution is -2.56. The van der Waals surface area contributed by atoms with Crippen LogP contribution in [0, 0.1) is 5.82 Å². The number of halogens is 1. The molecular weight excluding hydrogens is 503 g/mol. The van der Waals surface area contributed by atoms with Gasteiger partial charge in [0.05, 0.1) is 31.1 Å². The highest BCUT2D eigenvalue weighted by Gasteiger charge is 2.52. The summed E-state index contributed by atoms with van der Waals surface area (Å²) in [6, 6.07) is 8.01. The van der Waals surface area contributed by atoms with Crippen molar-refractivity contribution in [1.29, 1.82) is 0 Å². The molecule has 5 rings (SSSR count). The van der Waals surface area contributed by atoms with Crippen LogP contribution in [0.4, 0.5) is 15.0 Å². The number of carbonyl (C=O) groups excluding carboxylic acids is 2. The Bertz CT molecular complexity index is 1350. The fraction of sp³-hybridized carbons (Fsp3) is 0.429. The van der Waals surface area contributed by atoms with Gasteiger partial charge in [0.25, 0.3) is 5.91 Å². The molecular formula is C28H33FN6O4. The minimum absolute atomic E-state index is 0.182. The number of nitrogens with zero attached hydrogens (tertiary/aromatic N) is 5. The van der Waals surface area contributed by atoms with Crippen molar-refractivity contribution in [1.82, 2.24) is 25.0 Å². The summed E-state index contributed by atoms with van der Waals surface area (Å²) >= 11 is 0. The van der Waals surface area contributed by atoms with Gasteiger partial charge in [-0.05, 0) is 56.0 Å². The number of carbonyl (C=O) groups is 2. The highest BCUT2D eigenvalue weighted by atomic mass is 19.1. The highest BCUT2D eigenvalue weighted by molar-refractivity contribution is 5.95. The van der Waals surface area contributed by atoms with Crippen LogP contribution < -0.4 is 9.64 Å². The van der Waals surface area contributed by atoms with Gasteiger partial charge in [-0.2, -0.15) is 5.10 Å². The van der Waals surface area contributed by atoms with Gasteiger partial charge in [-0.1, -0.05) is 6.92 Å². The number of aliphatic hydroxyl groups excluding tert-OH is 1. The molecule has 1 aromatic carbocycles. The molecule has 206 valence electrons. The standard InChI is InChI=1S/C28H33FN6O4/c1-4-24-23(20-14-30-31-15-20)5-6-25(32-24)34-17-28(7-9-33(10-8-28)26(37)18(2)36)35(27(34)38)16-19-11-21(29)13-22(12-19)39-3/h5-6,11-15,18,36H,4,7-10,16-17H2,1-3H3,(H,30,31). The maximum atomic E-state index is 14.3. The Kier molecular flexibility index (Phi) is 7.26. The fourth-order valence-corrected chi connectivity index (χ4v) is 5.63. The van der Waals surface area contributed by atoms with E-state index in [2.05, 4.69) is 10.2 Å². The lowest BCUT2D eigenvalue weighted by Gasteiger charge is -2.44. The topological polar surface area (TPSA) is 115 Å². The van der Waals surface area contributed by atoms with E-state index in [1.54, 1.807) is 27.0 Å². The average Bonchev–Trinajstić information content (AvgIpc) is 3.56. The monoisotopic (exact) mass is 536 g/mol. The summed E-state index contributed by atoms with van der Waals surface area (Å²) in [6.07, 6.45) is 4.18. The second-order valence-electron chi connectivity index (χ2n) is 10.2. The number of likely N-dealkylation sites (tertiary alicyclic amines) is 1. The first-order valence-electron chi connectivity index (χ1n) is 13.1. The number of H-pyrrole nitrogens is 1. The summed E-state index contributed by atoms with van der Waals surface area (Å²) < 4.78 is 19.6. The van der Waals surface area contributed by atoms with Crippen LogP contribution in [-0.2, 0) is 17.8 Å². The van der Waals surface area contributed by atoms with Crippen LogP contribution in [-0.4, -0.2) is 80.4 Å². The number of pyridine rings is 1. The number of anilines is 1. The summed E-state index contributed by atoms with van der Waals surface area (Å²) in [5.41, 5.74) is 2.74. The minimum atomic E-state index is -1.08. The van der Waals surface area contributed by atoms with Gasteiger partial charge in [0.2, 0.25) is 0 Å². The molecule has 0 saturated carbocycles. The SMILES string of the molecule is CCc1nc(N2CC3(CCN(C(=O)C(C)O)CC3)N(Cc3cc(F)cc(OC)c3)C2=O)ccc1-c1cn[nH]c1. The molecule has 4 heterocycles. The van der Waals surface area contributed by atoms with Gasteiger partial charge in [0.15, 0.2) is 0 Å². The normalized spacial score (nSPS) is 17.7. The number of urea groups is 1. The Morgan fingerprint density at radius 3 is 2.67 bits per heavy atom. The van der Waals surface area contributed by atoms with Crippen LogP contribution in [0.15, 0.2) is 42.7 Å². The number of amides is 3. The van der Waals surface area contributed by atoms with Crippen molar-refractivity contribution in [3.63, 3.8) is 0 Å². The molecule has 2 fully saturated rings. The van der Waals surface area contributed by atoms with E-state index >= 15 is 0 Å².